The van der Waals surface area contributed by atoms with Gasteiger partial charge in [-0.15, -0.1) is 0 Å². The Morgan fingerprint density at radius 2 is 1.77 bits per heavy atom. The summed E-state index contributed by atoms with van der Waals surface area (Å²) in [4.78, 5) is 13.2. The minimum Gasteiger partial charge on any atom is -0.454 e. The molecule has 4 rings (SSSR count). The van der Waals surface area contributed by atoms with Crippen LogP contribution in [0.1, 0.15) is 45.4 Å². The van der Waals surface area contributed by atoms with Gasteiger partial charge < -0.3 is 19.4 Å². The third-order valence-electron chi connectivity index (χ3n) is 5.63. The van der Waals surface area contributed by atoms with Gasteiger partial charge in [-0.3, -0.25) is 4.79 Å². The monoisotopic (exact) mass is 408 g/mol. The number of hydrogen-bond acceptors (Lipinski definition) is 3. The molecule has 2 heterocycles. The molecule has 0 saturated heterocycles. The number of rotatable bonds is 6. The molecule has 156 valence electrons. The fourth-order valence-corrected chi connectivity index (χ4v) is 4.05. The van der Waals surface area contributed by atoms with Crippen LogP contribution in [0.2, 0.25) is 0 Å². The Kier molecular flexibility index (Phi) is 5.48. The lowest BCUT2D eigenvalue weighted by atomic mass is 10.1. The van der Waals surface area contributed by atoms with E-state index in [2.05, 4.69) is 12.2 Å². The molecule has 6 heteroatoms. The average Bonchev–Trinajstić information content (AvgIpc) is 3.30. The molecule has 3 aromatic rings. The number of carbonyl (C=O) groups is 1. The predicted octanol–water partition coefficient (Wildman–Crippen LogP) is 4.51. The van der Waals surface area contributed by atoms with Gasteiger partial charge in [0, 0.05) is 18.8 Å². The van der Waals surface area contributed by atoms with Crippen LogP contribution in [0.25, 0.3) is 0 Å². The Hall–Kier alpha value is -3.28. The van der Waals surface area contributed by atoms with Crippen LogP contribution in [0.15, 0.2) is 42.5 Å². The molecule has 0 radical (unpaired) electrons. The predicted molar refractivity (Wildman–Crippen MR) is 113 cm³/mol. The summed E-state index contributed by atoms with van der Waals surface area (Å²) in [5, 5.41) is 3.03. The molecule has 1 N–H and O–H groups in total. The fraction of sp³-hybridized carbons (Fsp3) is 0.292. The Morgan fingerprint density at radius 1 is 1.07 bits per heavy atom. The van der Waals surface area contributed by atoms with Crippen LogP contribution in [-0.2, 0) is 19.5 Å². The van der Waals surface area contributed by atoms with Crippen molar-refractivity contribution in [1.82, 2.24) is 9.88 Å². The number of nitrogens with zero attached hydrogens (tertiary/aromatic N) is 1. The number of halogens is 1. The zero-order valence-corrected chi connectivity index (χ0v) is 17.4. The molecule has 1 aliphatic rings. The van der Waals surface area contributed by atoms with E-state index in [-0.39, 0.29) is 18.5 Å². The molecule has 0 atom stereocenters. The van der Waals surface area contributed by atoms with Crippen LogP contribution >= 0.6 is 0 Å². The third kappa shape index (κ3) is 3.77. The van der Waals surface area contributed by atoms with E-state index in [9.17, 15) is 9.18 Å². The van der Waals surface area contributed by atoms with Crippen LogP contribution in [0.5, 0.6) is 11.5 Å². The largest absolute Gasteiger partial charge is 0.454 e. The molecule has 0 unspecified atom stereocenters. The molecular formula is C24H25FN2O3. The number of ether oxygens (including phenoxy) is 2. The first-order valence-corrected chi connectivity index (χ1v) is 10.1. The lowest BCUT2D eigenvalue weighted by Gasteiger charge is -2.13. The van der Waals surface area contributed by atoms with Gasteiger partial charge in [0.25, 0.3) is 5.91 Å². The standard InChI is InChI=1S/C24H25FN2O3/c1-4-20-15(2)23(27(16(20)3)13-17-5-8-19(25)9-6-17)24(28)26-12-18-7-10-21-22(11-18)30-14-29-21/h5-11H,4,12-14H2,1-3H3,(H,26,28). The summed E-state index contributed by atoms with van der Waals surface area (Å²) < 4.78 is 26.1. The van der Waals surface area contributed by atoms with Gasteiger partial charge in [0.1, 0.15) is 11.5 Å². The van der Waals surface area contributed by atoms with Crippen LogP contribution in [0.4, 0.5) is 4.39 Å². The molecule has 0 saturated carbocycles. The smallest absolute Gasteiger partial charge is 0.268 e. The molecule has 0 bridgehead atoms. The third-order valence-corrected chi connectivity index (χ3v) is 5.63. The van der Waals surface area contributed by atoms with E-state index in [0.29, 0.717) is 24.5 Å². The fourth-order valence-electron chi connectivity index (χ4n) is 4.05. The molecule has 0 fully saturated rings. The average molecular weight is 408 g/mol. The molecule has 2 aromatic carbocycles. The van der Waals surface area contributed by atoms with Gasteiger partial charge in [-0.25, -0.2) is 4.39 Å². The number of amides is 1. The van der Waals surface area contributed by atoms with E-state index in [0.717, 1.165) is 34.6 Å². The number of benzene rings is 2. The van der Waals surface area contributed by atoms with Crippen LogP contribution in [-0.4, -0.2) is 17.3 Å². The van der Waals surface area contributed by atoms with Gasteiger partial charge >= 0.3 is 0 Å². The minimum absolute atomic E-state index is 0.130. The molecule has 1 aromatic heterocycles. The molecule has 30 heavy (non-hydrogen) atoms. The number of carbonyl (C=O) groups excluding carboxylic acids is 1. The quantitative estimate of drug-likeness (QED) is 0.653. The lowest BCUT2D eigenvalue weighted by molar-refractivity contribution is 0.0941. The summed E-state index contributed by atoms with van der Waals surface area (Å²) >= 11 is 0. The first-order valence-electron chi connectivity index (χ1n) is 10.1. The lowest BCUT2D eigenvalue weighted by Crippen LogP contribution is -2.26. The van der Waals surface area contributed by atoms with Crippen molar-refractivity contribution in [1.29, 1.82) is 0 Å². The van der Waals surface area contributed by atoms with E-state index in [1.54, 1.807) is 12.1 Å². The Morgan fingerprint density at radius 3 is 2.50 bits per heavy atom. The highest BCUT2D eigenvalue weighted by Crippen LogP contribution is 2.32. The first kappa shape index (κ1) is 20.0. The van der Waals surface area contributed by atoms with Gasteiger partial charge in [-0.1, -0.05) is 25.1 Å². The first-order chi connectivity index (χ1) is 14.5. The van der Waals surface area contributed by atoms with E-state index in [4.69, 9.17) is 9.47 Å². The Labute approximate surface area is 175 Å². The van der Waals surface area contributed by atoms with Crippen molar-refractivity contribution in [3.63, 3.8) is 0 Å². The highest BCUT2D eigenvalue weighted by molar-refractivity contribution is 5.95. The van der Waals surface area contributed by atoms with Crippen molar-refractivity contribution in [3.05, 3.63) is 81.9 Å². The summed E-state index contributed by atoms with van der Waals surface area (Å²) in [6.45, 7) is 7.23. The van der Waals surface area contributed by atoms with E-state index < -0.39 is 0 Å². The maximum Gasteiger partial charge on any atom is 0.268 e. The molecule has 0 spiro atoms. The number of aromatic nitrogens is 1. The van der Waals surface area contributed by atoms with Crippen molar-refractivity contribution in [2.24, 2.45) is 0 Å². The topological polar surface area (TPSA) is 52.5 Å². The second-order valence-corrected chi connectivity index (χ2v) is 7.47. The summed E-state index contributed by atoms with van der Waals surface area (Å²) in [6.07, 6.45) is 0.844. The van der Waals surface area contributed by atoms with Crippen molar-refractivity contribution in [2.45, 2.75) is 40.3 Å². The Balaban J connectivity index is 1.58. The highest BCUT2D eigenvalue weighted by atomic mass is 19.1. The van der Waals surface area contributed by atoms with Crippen molar-refractivity contribution >= 4 is 5.91 Å². The van der Waals surface area contributed by atoms with Crippen molar-refractivity contribution in [3.8, 4) is 11.5 Å². The number of nitrogens with one attached hydrogen (secondary N) is 1. The number of fused-ring (bicyclic) bond motifs is 1. The van der Waals surface area contributed by atoms with E-state index in [1.807, 2.05) is 36.6 Å². The van der Waals surface area contributed by atoms with Crippen molar-refractivity contribution < 1.29 is 18.7 Å². The molecule has 1 aliphatic heterocycles. The zero-order valence-electron chi connectivity index (χ0n) is 17.4. The maximum absolute atomic E-state index is 13.3. The van der Waals surface area contributed by atoms with Crippen LogP contribution in [0.3, 0.4) is 0 Å². The second kappa shape index (κ2) is 8.22. The van der Waals surface area contributed by atoms with Gasteiger partial charge in [0.15, 0.2) is 11.5 Å². The van der Waals surface area contributed by atoms with Gasteiger partial charge in [-0.05, 0) is 66.8 Å². The van der Waals surface area contributed by atoms with Crippen molar-refractivity contribution in [2.75, 3.05) is 6.79 Å². The summed E-state index contributed by atoms with van der Waals surface area (Å²) in [5.41, 5.74) is 5.75. The highest BCUT2D eigenvalue weighted by Gasteiger charge is 2.22. The zero-order chi connectivity index (χ0) is 21.3. The van der Waals surface area contributed by atoms with Crippen LogP contribution in [0, 0.1) is 19.7 Å². The Bertz CT molecular complexity index is 1090. The summed E-state index contributed by atoms with van der Waals surface area (Å²) in [6, 6.07) is 12.1. The molecule has 1 amide bonds. The SMILES string of the molecule is CCc1c(C)c(C(=O)NCc2ccc3c(c2)OCO3)n(Cc2ccc(F)cc2)c1C. The van der Waals surface area contributed by atoms with E-state index in [1.165, 1.54) is 17.7 Å². The van der Waals surface area contributed by atoms with Gasteiger partial charge in [0.05, 0.1) is 0 Å². The molecule has 0 aliphatic carbocycles. The number of hydrogen-bond donors (Lipinski definition) is 1. The molecular weight excluding hydrogens is 383 g/mol. The second-order valence-electron chi connectivity index (χ2n) is 7.47. The summed E-state index contributed by atoms with van der Waals surface area (Å²) in [7, 11) is 0. The maximum atomic E-state index is 13.3. The normalized spacial score (nSPS) is 12.3. The van der Waals surface area contributed by atoms with Gasteiger partial charge in [-0.2, -0.15) is 0 Å². The minimum atomic E-state index is -0.268. The van der Waals surface area contributed by atoms with E-state index >= 15 is 0 Å². The van der Waals surface area contributed by atoms with Crippen LogP contribution < -0.4 is 14.8 Å². The van der Waals surface area contributed by atoms with Gasteiger partial charge in [0.2, 0.25) is 6.79 Å². The summed E-state index contributed by atoms with van der Waals surface area (Å²) in [5.74, 6) is 1.02. The molecule has 5 nitrogen and oxygen atoms in total.